The van der Waals surface area contributed by atoms with E-state index in [0.717, 1.165) is 0 Å². The molecule has 0 amide bonds. The average Bonchev–Trinajstić information content (AvgIpc) is 1.69. The molecule has 0 fully saturated rings. The predicted molar refractivity (Wildman–Crippen MR) is 24.6 cm³/mol. The van der Waals surface area contributed by atoms with Crippen molar-refractivity contribution in [3.63, 3.8) is 0 Å². The van der Waals surface area contributed by atoms with Crippen LogP contribution >= 0.6 is 0 Å². The molecule has 0 aromatic rings. The fraction of sp³-hybridized carbons (Fsp3) is 0.600. The summed E-state index contributed by atoms with van der Waals surface area (Å²) in [6, 6.07) is 0. The van der Waals surface area contributed by atoms with Crippen molar-refractivity contribution in [2.45, 2.75) is 12.6 Å². The summed E-state index contributed by atoms with van der Waals surface area (Å²) in [4.78, 5) is 0. The molecule has 1 rings (SSSR count). The minimum Gasteiger partial charge on any atom is -0.501 e. The van der Waals surface area contributed by atoms with E-state index >= 15 is 0 Å². The monoisotopic (exact) mass is 102 g/mol. The number of halogens is 1. The molecule has 1 aliphatic rings. The molecule has 0 spiro atoms. The van der Waals surface area contributed by atoms with Gasteiger partial charge in [0.15, 0.2) is 0 Å². The number of rotatable bonds is 0. The minimum atomic E-state index is -0.770. The highest BCUT2D eigenvalue weighted by Crippen LogP contribution is 2.04. The van der Waals surface area contributed by atoms with Gasteiger partial charge in [0.2, 0.25) is 0 Å². The molecule has 0 bridgehead atoms. The normalized spacial score (nSPS) is 29.6. The van der Waals surface area contributed by atoms with Crippen LogP contribution in [-0.4, -0.2) is 12.8 Å². The quantitative estimate of drug-likeness (QED) is 0.447. The van der Waals surface area contributed by atoms with E-state index in [-0.39, 0.29) is 0 Å². The Balaban J connectivity index is 2.36. The standard InChI is InChI=1S/C5H7FO/c6-5-1-3-7-4-2-5/h1,3,5H,2,4H2. The average molecular weight is 102 g/mol. The first-order valence-electron chi connectivity index (χ1n) is 2.32. The second-order valence-electron chi connectivity index (χ2n) is 1.50. The molecule has 1 aliphatic heterocycles. The van der Waals surface area contributed by atoms with Crippen LogP contribution in [0.25, 0.3) is 0 Å². The maximum absolute atomic E-state index is 12.0. The Morgan fingerprint density at radius 1 is 1.71 bits per heavy atom. The molecule has 0 radical (unpaired) electrons. The van der Waals surface area contributed by atoms with Crippen molar-refractivity contribution in [3.05, 3.63) is 12.3 Å². The first-order valence-corrected chi connectivity index (χ1v) is 2.32. The third-order valence-corrected chi connectivity index (χ3v) is 0.895. The van der Waals surface area contributed by atoms with Gasteiger partial charge in [0.25, 0.3) is 0 Å². The van der Waals surface area contributed by atoms with E-state index in [1.54, 1.807) is 0 Å². The van der Waals surface area contributed by atoms with Crippen molar-refractivity contribution < 1.29 is 9.13 Å². The van der Waals surface area contributed by atoms with Crippen LogP contribution in [0, 0.1) is 0 Å². The van der Waals surface area contributed by atoms with Gasteiger partial charge in [-0.3, -0.25) is 0 Å². The highest BCUT2D eigenvalue weighted by atomic mass is 19.1. The Morgan fingerprint density at radius 2 is 2.57 bits per heavy atom. The highest BCUT2D eigenvalue weighted by molar-refractivity contribution is 4.86. The summed E-state index contributed by atoms with van der Waals surface area (Å²) < 4.78 is 16.7. The van der Waals surface area contributed by atoms with Gasteiger partial charge in [-0.2, -0.15) is 0 Å². The van der Waals surface area contributed by atoms with Gasteiger partial charge in [0, 0.05) is 6.42 Å². The molecule has 1 heterocycles. The summed E-state index contributed by atoms with van der Waals surface area (Å²) in [5.74, 6) is 0. The smallest absolute Gasteiger partial charge is 0.125 e. The van der Waals surface area contributed by atoms with Crippen molar-refractivity contribution in [1.82, 2.24) is 0 Å². The summed E-state index contributed by atoms with van der Waals surface area (Å²) in [5.41, 5.74) is 0. The molecule has 40 valence electrons. The van der Waals surface area contributed by atoms with Gasteiger partial charge >= 0.3 is 0 Å². The van der Waals surface area contributed by atoms with Gasteiger partial charge in [0.1, 0.15) is 6.17 Å². The predicted octanol–water partition coefficient (Wildman–Crippen LogP) is 1.26. The Bertz CT molecular complexity index is 80.1. The molecule has 0 aromatic carbocycles. The Labute approximate surface area is 41.8 Å². The number of ether oxygens (including phenoxy) is 1. The first-order chi connectivity index (χ1) is 3.39. The third-order valence-electron chi connectivity index (χ3n) is 0.895. The van der Waals surface area contributed by atoms with Crippen LogP contribution in [0.15, 0.2) is 12.3 Å². The van der Waals surface area contributed by atoms with Gasteiger partial charge < -0.3 is 4.74 Å². The zero-order chi connectivity index (χ0) is 5.11. The van der Waals surface area contributed by atoms with Crippen molar-refractivity contribution in [1.29, 1.82) is 0 Å². The fourth-order valence-electron chi connectivity index (χ4n) is 0.486. The molecule has 0 saturated heterocycles. The Morgan fingerprint density at radius 3 is 2.86 bits per heavy atom. The second-order valence-corrected chi connectivity index (χ2v) is 1.50. The summed E-state index contributed by atoms with van der Waals surface area (Å²) in [5, 5.41) is 0. The van der Waals surface area contributed by atoms with Crippen LogP contribution in [0.5, 0.6) is 0 Å². The Kier molecular flexibility index (Phi) is 1.29. The van der Waals surface area contributed by atoms with Crippen molar-refractivity contribution in [2.75, 3.05) is 6.61 Å². The van der Waals surface area contributed by atoms with Gasteiger partial charge in [0.05, 0.1) is 12.9 Å². The first kappa shape index (κ1) is 4.62. The molecule has 7 heavy (non-hydrogen) atoms. The van der Waals surface area contributed by atoms with Gasteiger partial charge in [-0.05, 0) is 6.08 Å². The van der Waals surface area contributed by atoms with Gasteiger partial charge in [-0.15, -0.1) is 0 Å². The van der Waals surface area contributed by atoms with Crippen LogP contribution in [0.2, 0.25) is 0 Å². The maximum Gasteiger partial charge on any atom is 0.125 e. The fourth-order valence-corrected chi connectivity index (χ4v) is 0.486. The molecule has 0 aromatic heterocycles. The highest BCUT2D eigenvalue weighted by Gasteiger charge is 2.03. The van der Waals surface area contributed by atoms with Crippen LogP contribution in [0.4, 0.5) is 4.39 Å². The van der Waals surface area contributed by atoms with Crippen molar-refractivity contribution in [2.24, 2.45) is 0 Å². The lowest BCUT2D eigenvalue weighted by molar-refractivity contribution is 0.187. The number of allylic oxidation sites excluding steroid dienone is 1. The second kappa shape index (κ2) is 1.96. The topological polar surface area (TPSA) is 9.23 Å². The number of hydrogen-bond acceptors (Lipinski definition) is 1. The van der Waals surface area contributed by atoms with Crippen LogP contribution in [0.1, 0.15) is 6.42 Å². The molecule has 0 saturated carbocycles. The van der Waals surface area contributed by atoms with Crippen molar-refractivity contribution in [3.8, 4) is 0 Å². The number of alkyl halides is 1. The van der Waals surface area contributed by atoms with Gasteiger partial charge in [-0.25, -0.2) is 4.39 Å². The summed E-state index contributed by atoms with van der Waals surface area (Å²) in [6.07, 6.45) is 2.57. The third kappa shape index (κ3) is 1.18. The molecule has 0 aliphatic carbocycles. The minimum absolute atomic E-state index is 0.510. The SMILES string of the molecule is FC1C=COCC1. The largest absolute Gasteiger partial charge is 0.501 e. The van der Waals surface area contributed by atoms with Gasteiger partial charge in [-0.1, -0.05) is 0 Å². The summed E-state index contributed by atoms with van der Waals surface area (Å²) >= 11 is 0. The summed E-state index contributed by atoms with van der Waals surface area (Å²) in [7, 11) is 0. The number of hydrogen-bond donors (Lipinski definition) is 0. The Hall–Kier alpha value is -0.530. The lowest BCUT2D eigenvalue weighted by Crippen LogP contribution is -2.05. The zero-order valence-corrected chi connectivity index (χ0v) is 3.93. The van der Waals surface area contributed by atoms with E-state index in [1.807, 2.05) is 0 Å². The molecule has 1 nitrogen and oxygen atoms in total. The van der Waals surface area contributed by atoms with Crippen LogP contribution in [0.3, 0.4) is 0 Å². The van der Waals surface area contributed by atoms with E-state index in [1.165, 1.54) is 12.3 Å². The van der Waals surface area contributed by atoms with E-state index < -0.39 is 6.17 Å². The molecular weight excluding hydrogens is 95.1 g/mol. The van der Waals surface area contributed by atoms with E-state index in [4.69, 9.17) is 4.74 Å². The zero-order valence-electron chi connectivity index (χ0n) is 3.93. The molecule has 1 atom stereocenters. The van der Waals surface area contributed by atoms with E-state index in [2.05, 4.69) is 0 Å². The maximum atomic E-state index is 12.0. The molecule has 0 N–H and O–H groups in total. The van der Waals surface area contributed by atoms with E-state index in [9.17, 15) is 4.39 Å². The van der Waals surface area contributed by atoms with E-state index in [0.29, 0.717) is 13.0 Å². The molecular formula is C5H7FO. The van der Waals surface area contributed by atoms with Crippen molar-refractivity contribution >= 4 is 0 Å². The lowest BCUT2D eigenvalue weighted by Gasteiger charge is -2.07. The van der Waals surface area contributed by atoms with Crippen LogP contribution < -0.4 is 0 Å². The molecule has 1 unspecified atom stereocenters. The van der Waals surface area contributed by atoms with Crippen LogP contribution in [-0.2, 0) is 4.74 Å². The lowest BCUT2D eigenvalue weighted by atomic mass is 10.3. The molecule has 2 heteroatoms. The summed E-state index contributed by atoms with van der Waals surface area (Å²) in [6.45, 7) is 0.525.